The van der Waals surface area contributed by atoms with Crippen molar-refractivity contribution < 1.29 is 4.74 Å². The van der Waals surface area contributed by atoms with Crippen LogP contribution in [0.1, 0.15) is 54.4 Å². The molecule has 108 valence electrons. The maximum Gasteiger partial charge on any atom is 0.0757 e. The van der Waals surface area contributed by atoms with E-state index < -0.39 is 0 Å². The summed E-state index contributed by atoms with van der Waals surface area (Å²) in [5.74, 6) is 0. The van der Waals surface area contributed by atoms with E-state index in [0.717, 1.165) is 19.6 Å². The van der Waals surface area contributed by atoms with Gasteiger partial charge in [0.05, 0.1) is 11.7 Å². The van der Waals surface area contributed by atoms with Gasteiger partial charge in [-0.3, -0.25) is 4.90 Å². The fourth-order valence-corrected chi connectivity index (χ4v) is 2.88. The van der Waals surface area contributed by atoms with Gasteiger partial charge in [0.1, 0.15) is 0 Å². The molecular weight excluding hydrogens is 224 g/mol. The van der Waals surface area contributed by atoms with Crippen molar-refractivity contribution in [3.05, 3.63) is 0 Å². The van der Waals surface area contributed by atoms with Crippen LogP contribution in [-0.4, -0.2) is 48.3 Å². The summed E-state index contributed by atoms with van der Waals surface area (Å²) in [6, 6.07) is 1.25. The highest BCUT2D eigenvalue weighted by molar-refractivity contribution is 4.86. The standard InChI is InChI=1S/C15H32N2O/c1-7-14(8-2)16-9-12(3)17-10-13(4)18-15(5,6)11-17/h12-14,16H,7-11H2,1-6H3. The van der Waals surface area contributed by atoms with Crippen molar-refractivity contribution in [1.29, 1.82) is 0 Å². The molecule has 1 fully saturated rings. The van der Waals surface area contributed by atoms with Crippen molar-refractivity contribution in [2.24, 2.45) is 0 Å². The van der Waals surface area contributed by atoms with Crippen molar-refractivity contribution in [2.75, 3.05) is 19.6 Å². The van der Waals surface area contributed by atoms with Crippen LogP contribution in [0.3, 0.4) is 0 Å². The normalized spacial score (nSPS) is 26.5. The molecule has 1 rings (SSSR count). The van der Waals surface area contributed by atoms with Crippen LogP contribution in [-0.2, 0) is 4.74 Å². The van der Waals surface area contributed by atoms with Crippen LogP contribution in [0.4, 0.5) is 0 Å². The highest BCUT2D eigenvalue weighted by Crippen LogP contribution is 2.22. The molecule has 1 heterocycles. The van der Waals surface area contributed by atoms with Gasteiger partial charge in [0, 0.05) is 31.7 Å². The minimum Gasteiger partial charge on any atom is -0.370 e. The highest BCUT2D eigenvalue weighted by Gasteiger charge is 2.33. The number of nitrogens with one attached hydrogen (secondary N) is 1. The Hall–Kier alpha value is -0.120. The number of ether oxygens (including phenoxy) is 1. The van der Waals surface area contributed by atoms with E-state index in [-0.39, 0.29) is 5.60 Å². The molecule has 18 heavy (non-hydrogen) atoms. The zero-order chi connectivity index (χ0) is 13.8. The Morgan fingerprint density at radius 3 is 2.44 bits per heavy atom. The van der Waals surface area contributed by atoms with E-state index >= 15 is 0 Å². The van der Waals surface area contributed by atoms with Crippen LogP contribution in [0.15, 0.2) is 0 Å². The summed E-state index contributed by atoms with van der Waals surface area (Å²) >= 11 is 0. The fraction of sp³-hybridized carbons (Fsp3) is 1.00. The van der Waals surface area contributed by atoms with Gasteiger partial charge >= 0.3 is 0 Å². The summed E-state index contributed by atoms with van der Waals surface area (Å²) in [7, 11) is 0. The molecule has 0 aromatic heterocycles. The summed E-state index contributed by atoms with van der Waals surface area (Å²) < 4.78 is 5.96. The molecular formula is C15H32N2O. The van der Waals surface area contributed by atoms with Crippen molar-refractivity contribution in [3.8, 4) is 0 Å². The van der Waals surface area contributed by atoms with Crippen molar-refractivity contribution in [2.45, 2.75) is 78.2 Å². The van der Waals surface area contributed by atoms with Gasteiger partial charge in [0.2, 0.25) is 0 Å². The quantitative estimate of drug-likeness (QED) is 0.791. The molecule has 0 amide bonds. The predicted octanol–water partition coefficient (Wildman–Crippen LogP) is 2.65. The molecule has 0 bridgehead atoms. The molecule has 1 aliphatic heterocycles. The lowest BCUT2D eigenvalue weighted by Crippen LogP contribution is -2.56. The SMILES string of the molecule is CCC(CC)NCC(C)N1CC(C)OC(C)(C)C1. The maximum atomic E-state index is 5.96. The van der Waals surface area contributed by atoms with E-state index in [9.17, 15) is 0 Å². The van der Waals surface area contributed by atoms with Gasteiger partial charge in [-0.25, -0.2) is 0 Å². The van der Waals surface area contributed by atoms with Gasteiger partial charge in [0.15, 0.2) is 0 Å². The molecule has 2 unspecified atom stereocenters. The molecule has 2 atom stereocenters. The highest BCUT2D eigenvalue weighted by atomic mass is 16.5. The molecule has 3 nitrogen and oxygen atoms in total. The molecule has 0 saturated carbocycles. The van der Waals surface area contributed by atoms with Gasteiger partial charge in [-0.1, -0.05) is 13.8 Å². The average Bonchev–Trinajstić information content (AvgIpc) is 2.27. The summed E-state index contributed by atoms with van der Waals surface area (Å²) in [6.07, 6.45) is 2.77. The predicted molar refractivity (Wildman–Crippen MR) is 78.0 cm³/mol. The monoisotopic (exact) mass is 256 g/mol. The van der Waals surface area contributed by atoms with E-state index in [0.29, 0.717) is 18.2 Å². The molecule has 3 heteroatoms. The largest absolute Gasteiger partial charge is 0.370 e. The van der Waals surface area contributed by atoms with Gasteiger partial charge < -0.3 is 10.1 Å². The number of rotatable bonds is 6. The molecule has 0 spiro atoms. The van der Waals surface area contributed by atoms with Gasteiger partial charge in [-0.2, -0.15) is 0 Å². The van der Waals surface area contributed by atoms with Gasteiger partial charge in [-0.05, 0) is 40.5 Å². The zero-order valence-corrected chi connectivity index (χ0v) is 13.1. The Labute approximate surface area is 113 Å². The third kappa shape index (κ3) is 4.87. The smallest absolute Gasteiger partial charge is 0.0757 e. The van der Waals surface area contributed by atoms with E-state index in [4.69, 9.17) is 4.74 Å². The fourth-order valence-electron chi connectivity index (χ4n) is 2.88. The Bertz CT molecular complexity index is 239. The molecule has 1 N–H and O–H groups in total. The first-order valence-electron chi connectivity index (χ1n) is 7.53. The first-order valence-corrected chi connectivity index (χ1v) is 7.53. The molecule has 0 aromatic carbocycles. The van der Waals surface area contributed by atoms with E-state index in [1.807, 2.05) is 0 Å². The second kappa shape index (κ2) is 6.88. The molecule has 0 aliphatic carbocycles. The van der Waals surface area contributed by atoms with E-state index in [2.05, 4.69) is 51.8 Å². The molecule has 0 radical (unpaired) electrons. The zero-order valence-electron chi connectivity index (χ0n) is 13.1. The summed E-state index contributed by atoms with van der Waals surface area (Å²) in [4.78, 5) is 2.56. The van der Waals surface area contributed by atoms with Crippen molar-refractivity contribution >= 4 is 0 Å². The number of hydrogen-bond acceptors (Lipinski definition) is 3. The second-order valence-corrected chi connectivity index (χ2v) is 6.39. The topological polar surface area (TPSA) is 24.5 Å². The lowest BCUT2D eigenvalue weighted by Gasteiger charge is -2.44. The second-order valence-electron chi connectivity index (χ2n) is 6.39. The van der Waals surface area contributed by atoms with Crippen LogP contribution >= 0.6 is 0 Å². The van der Waals surface area contributed by atoms with Crippen LogP contribution in [0, 0.1) is 0 Å². The Morgan fingerprint density at radius 1 is 1.33 bits per heavy atom. The average molecular weight is 256 g/mol. The maximum absolute atomic E-state index is 5.96. The minimum absolute atomic E-state index is 0.0131. The van der Waals surface area contributed by atoms with Crippen LogP contribution in [0.2, 0.25) is 0 Å². The summed E-state index contributed by atoms with van der Waals surface area (Å²) in [5.41, 5.74) is -0.0131. The van der Waals surface area contributed by atoms with Crippen LogP contribution in [0.5, 0.6) is 0 Å². The summed E-state index contributed by atoms with van der Waals surface area (Å²) in [6.45, 7) is 16.6. The van der Waals surface area contributed by atoms with Crippen molar-refractivity contribution in [3.63, 3.8) is 0 Å². The lowest BCUT2D eigenvalue weighted by molar-refractivity contribution is -0.136. The van der Waals surface area contributed by atoms with E-state index in [1.165, 1.54) is 12.8 Å². The molecule has 0 aromatic rings. The third-order valence-electron chi connectivity index (χ3n) is 3.91. The molecule has 1 saturated heterocycles. The van der Waals surface area contributed by atoms with Crippen LogP contribution < -0.4 is 5.32 Å². The minimum atomic E-state index is -0.0131. The first-order chi connectivity index (χ1) is 8.38. The Morgan fingerprint density at radius 2 is 1.94 bits per heavy atom. The van der Waals surface area contributed by atoms with E-state index in [1.54, 1.807) is 0 Å². The van der Waals surface area contributed by atoms with Gasteiger partial charge in [0.25, 0.3) is 0 Å². The summed E-state index contributed by atoms with van der Waals surface area (Å²) in [5, 5.41) is 3.68. The Kier molecular flexibility index (Phi) is 6.09. The third-order valence-corrected chi connectivity index (χ3v) is 3.91. The van der Waals surface area contributed by atoms with Gasteiger partial charge in [-0.15, -0.1) is 0 Å². The first kappa shape index (κ1) is 15.9. The number of nitrogens with zero attached hydrogens (tertiary/aromatic N) is 1. The molecule has 1 aliphatic rings. The van der Waals surface area contributed by atoms with Crippen LogP contribution in [0.25, 0.3) is 0 Å². The van der Waals surface area contributed by atoms with Crippen molar-refractivity contribution in [1.82, 2.24) is 10.2 Å². The lowest BCUT2D eigenvalue weighted by atomic mass is 10.0. The number of hydrogen-bond donors (Lipinski definition) is 1. The number of morpholine rings is 1. The Balaban J connectivity index is 2.43.